The summed E-state index contributed by atoms with van der Waals surface area (Å²) >= 11 is 5.67. The number of rotatable bonds is 2. The van der Waals surface area contributed by atoms with E-state index >= 15 is 0 Å². The normalized spacial score (nSPS) is 9.83. The average Bonchev–Trinajstić information content (AvgIpc) is 2.03. The van der Waals surface area contributed by atoms with E-state index in [0.717, 1.165) is 0 Å². The van der Waals surface area contributed by atoms with E-state index in [4.69, 9.17) is 22.4 Å². The molecule has 0 saturated carbocycles. The molecule has 1 aromatic heterocycles. The second-order valence-electron chi connectivity index (χ2n) is 2.14. The van der Waals surface area contributed by atoms with Crippen LogP contribution in [0.1, 0.15) is 16.1 Å². The molecule has 0 atom stereocenters. The zero-order valence-electron chi connectivity index (χ0n) is 6.12. The highest BCUT2D eigenvalue weighted by Gasteiger charge is 2.11. The number of nitrogens with zero attached hydrogens (tertiary/aromatic N) is 1. The molecule has 1 aromatic rings. The van der Waals surface area contributed by atoms with Crippen molar-refractivity contribution in [1.29, 1.82) is 0 Å². The first kappa shape index (κ1) is 8.96. The van der Waals surface area contributed by atoms with Crippen LogP contribution in [-0.4, -0.2) is 16.0 Å². The summed E-state index contributed by atoms with van der Waals surface area (Å²) in [6, 6.07) is 1.49. The van der Waals surface area contributed by atoms with E-state index in [1.807, 2.05) is 0 Å². The van der Waals surface area contributed by atoms with Gasteiger partial charge in [0.05, 0.1) is 6.61 Å². The van der Waals surface area contributed by atoms with Crippen molar-refractivity contribution in [3.8, 4) is 0 Å². The van der Waals surface area contributed by atoms with Gasteiger partial charge in [-0.05, 0) is 6.07 Å². The van der Waals surface area contributed by atoms with Crippen molar-refractivity contribution >= 4 is 17.5 Å². The van der Waals surface area contributed by atoms with Gasteiger partial charge in [-0.15, -0.1) is 0 Å². The highest BCUT2D eigenvalue weighted by Crippen LogP contribution is 2.17. The van der Waals surface area contributed by atoms with Gasteiger partial charge < -0.3 is 10.8 Å². The number of pyridine rings is 1. The molecule has 0 fully saturated rings. The molecule has 64 valence electrons. The first-order valence-electron chi connectivity index (χ1n) is 3.21. The van der Waals surface area contributed by atoms with E-state index in [1.54, 1.807) is 0 Å². The first-order chi connectivity index (χ1) is 5.66. The third-order valence-corrected chi connectivity index (χ3v) is 1.74. The zero-order valence-corrected chi connectivity index (χ0v) is 6.88. The Morgan fingerprint density at radius 2 is 2.42 bits per heavy atom. The molecule has 0 radical (unpaired) electrons. The quantitative estimate of drug-likeness (QED) is 0.699. The number of aliphatic hydroxyl groups is 1. The lowest BCUT2D eigenvalue weighted by atomic mass is 10.2. The maximum atomic E-state index is 10.7. The lowest BCUT2D eigenvalue weighted by Gasteiger charge is -2.03. The maximum absolute atomic E-state index is 10.7. The molecule has 5 heteroatoms. The minimum absolute atomic E-state index is 0.0185. The third-order valence-electron chi connectivity index (χ3n) is 1.39. The van der Waals surface area contributed by atoms with Gasteiger partial charge >= 0.3 is 0 Å². The fourth-order valence-electron chi connectivity index (χ4n) is 0.832. The van der Waals surface area contributed by atoms with Gasteiger partial charge in [0.25, 0.3) is 5.91 Å². The van der Waals surface area contributed by atoms with Crippen molar-refractivity contribution < 1.29 is 9.90 Å². The fourth-order valence-corrected chi connectivity index (χ4v) is 1.04. The lowest BCUT2D eigenvalue weighted by molar-refractivity contribution is 0.0992. The monoisotopic (exact) mass is 186 g/mol. The summed E-state index contributed by atoms with van der Waals surface area (Å²) in [6.45, 7) is -0.342. The van der Waals surface area contributed by atoms with Crippen LogP contribution >= 0.6 is 11.6 Å². The fraction of sp³-hybridized carbons (Fsp3) is 0.143. The van der Waals surface area contributed by atoms with Gasteiger partial charge in [0.1, 0.15) is 5.69 Å². The molecule has 0 aliphatic carbocycles. The molecule has 1 heterocycles. The van der Waals surface area contributed by atoms with Crippen molar-refractivity contribution in [3.63, 3.8) is 0 Å². The minimum atomic E-state index is -0.693. The number of hydrogen-bond donors (Lipinski definition) is 2. The summed E-state index contributed by atoms with van der Waals surface area (Å²) in [7, 11) is 0. The Balaban J connectivity index is 3.27. The topological polar surface area (TPSA) is 76.2 Å². The minimum Gasteiger partial charge on any atom is -0.392 e. The van der Waals surface area contributed by atoms with Crippen LogP contribution in [0.5, 0.6) is 0 Å². The molecule has 0 saturated heterocycles. The predicted octanol–water partition coefficient (Wildman–Crippen LogP) is 0.326. The van der Waals surface area contributed by atoms with E-state index < -0.39 is 5.91 Å². The number of nitrogens with two attached hydrogens (primary N) is 1. The Hall–Kier alpha value is -1.13. The second-order valence-corrected chi connectivity index (χ2v) is 2.55. The molecular formula is C7H7ClN2O2. The summed E-state index contributed by atoms with van der Waals surface area (Å²) < 4.78 is 0. The van der Waals surface area contributed by atoms with E-state index in [9.17, 15) is 4.79 Å². The molecular weight excluding hydrogens is 180 g/mol. The van der Waals surface area contributed by atoms with Gasteiger partial charge in [0, 0.05) is 16.8 Å². The smallest absolute Gasteiger partial charge is 0.267 e. The van der Waals surface area contributed by atoms with Crippen LogP contribution in [0.15, 0.2) is 12.3 Å². The molecule has 0 aliphatic rings. The standard InChI is InChI=1S/C7H7ClN2O2/c8-5-1-2-10-6(7(9)12)4(5)3-11/h1-2,11H,3H2,(H2,9,12). The molecule has 1 rings (SSSR count). The average molecular weight is 187 g/mol. The highest BCUT2D eigenvalue weighted by molar-refractivity contribution is 6.31. The number of aliphatic hydroxyl groups excluding tert-OH is 1. The lowest BCUT2D eigenvalue weighted by Crippen LogP contribution is -2.16. The summed E-state index contributed by atoms with van der Waals surface area (Å²) in [5, 5.41) is 9.11. The van der Waals surface area contributed by atoms with Crippen LogP contribution in [0, 0.1) is 0 Å². The van der Waals surface area contributed by atoms with Gasteiger partial charge in [-0.3, -0.25) is 9.78 Å². The van der Waals surface area contributed by atoms with Gasteiger partial charge in [-0.1, -0.05) is 11.6 Å². The van der Waals surface area contributed by atoms with Crippen molar-refractivity contribution in [2.75, 3.05) is 0 Å². The first-order valence-corrected chi connectivity index (χ1v) is 3.58. The van der Waals surface area contributed by atoms with Crippen molar-refractivity contribution in [2.45, 2.75) is 6.61 Å². The van der Waals surface area contributed by atoms with Crippen LogP contribution in [0.2, 0.25) is 5.02 Å². The van der Waals surface area contributed by atoms with Crippen LogP contribution in [-0.2, 0) is 6.61 Å². The van der Waals surface area contributed by atoms with Crippen LogP contribution in [0.4, 0.5) is 0 Å². The van der Waals surface area contributed by atoms with Crippen LogP contribution in [0.3, 0.4) is 0 Å². The number of primary amides is 1. The van der Waals surface area contributed by atoms with Gasteiger partial charge in [-0.25, -0.2) is 0 Å². The summed E-state index contributed by atoms with van der Waals surface area (Å²) in [5.74, 6) is -0.693. The molecule has 0 bridgehead atoms. The Bertz CT molecular complexity index is 314. The number of carbonyl (C=O) groups excluding carboxylic acids is 1. The van der Waals surface area contributed by atoms with Crippen LogP contribution < -0.4 is 5.73 Å². The Kier molecular flexibility index (Phi) is 2.62. The molecule has 3 N–H and O–H groups in total. The number of aromatic nitrogens is 1. The van der Waals surface area contributed by atoms with Gasteiger partial charge in [0.2, 0.25) is 0 Å². The molecule has 4 nitrogen and oxygen atoms in total. The van der Waals surface area contributed by atoms with E-state index in [0.29, 0.717) is 5.02 Å². The molecule has 1 amide bonds. The van der Waals surface area contributed by atoms with Crippen LogP contribution in [0.25, 0.3) is 0 Å². The summed E-state index contributed by atoms with van der Waals surface area (Å²) in [6.07, 6.45) is 1.36. The van der Waals surface area contributed by atoms with Gasteiger partial charge in [0.15, 0.2) is 0 Å². The molecule has 0 unspecified atom stereocenters. The predicted molar refractivity (Wildman–Crippen MR) is 43.7 cm³/mol. The second kappa shape index (κ2) is 3.51. The van der Waals surface area contributed by atoms with Crippen molar-refractivity contribution in [3.05, 3.63) is 28.5 Å². The van der Waals surface area contributed by atoms with E-state index in [1.165, 1.54) is 12.3 Å². The largest absolute Gasteiger partial charge is 0.392 e. The molecule has 12 heavy (non-hydrogen) atoms. The Morgan fingerprint density at radius 3 is 2.83 bits per heavy atom. The summed E-state index contributed by atoms with van der Waals surface area (Å²) in [5.41, 5.74) is 5.28. The number of amides is 1. The number of carbonyl (C=O) groups is 1. The maximum Gasteiger partial charge on any atom is 0.267 e. The Morgan fingerprint density at radius 1 is 1.75 bits per heavy atom. The molecule has 0 aromatic carbocycles. The highest BCUT2D eigenvalue weighted by atomic mass is 35.5. The SMILES string of the molecule is NC(=O)c1nccc(Cl)c1CO. The van der Waals surface area contributed by atoms with Crippen molar-refractivity contribution in [2.24, 2.45) is 5.73 Å². The van der Waals surface area contributed by atoms with Crippen molar-refractivity contribution in [1.82, 2.24) is 4.98 Å². The van der Waals surface area contributed by atoms with E-state index in [-0.39, 0.29) is 17.9 Å². The number of halogens is 1. The third kappa shape index (κ3) is 1.54. The zero-order chi connectivity index (χ0) is 9.14. The Labute approximate surface area is 74.0 Å². The molecule has 0 spiro atoms. The van der Waals surface area contributed by atoms with E-state index in [2.05, 4.69) is 4.98 Å². The summed E-state index contributed by atoms with van der Waals surface area (Å²) in [4.78, 5) is 14.4. The number of hydrogen-bond acceptors (Lipinski definition) is 3. The molecule has 0 aliphatic heterocycles. The van der Waals surface area contributed by atoms with Gasteiger partial charge in [-0.2, -0.15) is 0 Å².